The van der Waals surface area contributed by atoms with Crippen molar-refractivity contribution >= 4 is 40.3 Å². The molecule has 0 aliphatic heterocycles. The van der Waals surface area contributed by atoms with Gasteiger partial charge in [-0.05, 0) is 43.2 Å². The summed E-state index contributed by atoms with van der Waals surface area (Å²) in [6.07, 6.45) is 0. The number of anilines is 1. The second-order valence-electron chi connectivity index (χ2n) is 6.05. The molecular formula is C21H22N2O3S. The molecule has 0 saturated carbocycles. The van der Waals surface area contributed by atoms with Gasteiger partial charge in [-0.2, -0.15) is 0 Å². The minimum absolute atomic E-state index is 0.194. The number of methoxy groups -OCH3 is 1. The Balaban J connectivity index is 1.98. The molecule has 0 fully saturated rings. The number of amides is 1. The van der Waals surface area contributed by atoms with Crippen molar-refractivity contribution in [3.63, 3.8) is 0 Å². The lowest BCUT2D eigenvalue weighted by Crippen LogP contribution is -2.41. The molecule has 27 heavy (non-hydrogen) atoms. The first-order valence-corrected chi connectivity index (χ1v) is 8.79. The van der Waals surface area contributed by atoms with E-state index >= 15 is 0 Å². The third-order valence-electron chi connectivity index (χ3n) is 4.07. The van der Waals surface area contributed by atoms with Gasteiger partial charge in [-0.25, -0.2) is 4.79 Å². The zero-order valence-corrected chi connectivity index (χ0v) is 16.4. The second kappa shape index (κ2) is 9.09. The van der Waals surface area contributed by atoms with Crippen LogP contribution < -0.4 is 10.6 Å². The fourth-order valence-corrected chi connectivity index (χ4v) is 2.65. The Morgan fingerprint density at radius 1 is 1.07 bits per heavy atom. The van der Waals surface area contributed by atoms with Crippen molar-refractivity contribution < 1.29 is 14.3 Å². The zero-order chi connectivity index (χ0) is 20.0. The van der Waals surface area contributed by atoms with Gasteiger partial charge in [0.1, 0.15) is 11.0 Å². The number of ether oxygens (including phenoxy) is 1. The van der Waals surface area contributed by atoms with Gasteiger partial charge < -0.3 is 15.4 Å². The highest BCUT2D eigenvalue weighted by molar-refractivity contribution is 7.81. The van der Waals surface area contributed by atoms with Gasteiger partial charge in [-0.1, -0.05) is 49.1 Å². The van der Waals surface area contributed by atoms with E-state index in [1.807, 2.05) is 31.2 Å². The molecule has 0 heterocycles. The van der Waals surface area contributed by atoms with Crippen molar-refractivity contribution in [2.45, 2.75) is 19.9 Å². The van der Waals surface area contributed by atoms with E-state index in [-0.39, 0.29) is 5.91 Å². The molecule has 2 aromatic rings. The Morgan fingerprint density at radius 2 is 1.67 bits per heavy atom. The van der Waals surface area contributed by atoms with Gasteiger partial charge in [-0.3, -0.25) is 4.79 Å². The minimum atomic E-state index is -0.539. The molecule has 0 bridgehead atoms. The maximum absolute atomic E-state index is 12.4. The minimum Gasteiger partial charge on any atom is -0.465 e. The van der Waals surface area contributed by atoms with Crippen LogP contribution >= 0.6 is 12.2 Å². The second-order valence-corrected chi connectivity index (χ2v) is 6.46. The third-order valence-corrected chi connectivity index (χ3v) is 4.44. The Bertz CT molecular complexity index is 875. The van der Waals surface area contributed by atoms with E-state index in [2.05, 4.69) is 21.9 Å². The summed E-state index contributed by atoms with van der Waals surface area (Å²) in [7, 11) is 1.33. The maximum atomic E-state index is 12.4. The summed E-state index contributed by atoms with van der Waals surface area (Å²) in [5.74, 6) is -0.602. The lowest BCUT2D eigenvalue weighted by Gasteiger charge is -2.18. The molecule has 140 valence electrons. The van der Waals surface area contributed by atoms with Crippen molar-refractivity contribution in [3.05, 3.63) is 71.8 Å². The van der Waals surface area contributed by atoms with Crippen LogP contribution in [0.25, 0.3) is 5.57 Å². The summed E-state index contributed by atoms with van der Waals surface area (Å²) in [5, 5.41) is 5.87. The van der Waals surface area contributed by atoms with Crippen LogP contribution in [0, 0.1) is 6.92 Å². The van der Waals surface area contributed by atoms with Gasteiger partial charge >= 0.3 is 5.97 Å². The number of rotatable bonds is 6. The summed E-state index contributed by atoms with van der Waals surface area (Å²) < 4.78 is 4.68. The predicted octanol–water partition coefficient (Wildman–Crippen LogP) is 3.74. The monoisotopic (exact) mass is 382 g/mol. The summed E-state index contributed by atoms with van der Waals surface area (Å²) in [6.45, 7) is 7.64. The van der Waals surface area contributed by atoms with Crippen LogP contribution in [0.3, 0.4) is 0 Å². The molecule has 1 amide bonds. The van der Waals surface area contributed by atoms with Crippen LogP contribution in [0.5, 0.6) is 0 Å². The predicted molar refractivity (Wildman–Crippen MR) is 112 cm³/mol. The quantitative estimate of drug-likeness (QED) is 0.453. The van der Waals surface area contributed by atoms with E-state index in [9.17, 15) is 9.59 Å². The van der Waals surface area contributed by atoms with E-state index in [1.54, 1.807) is 31.2 Å². The van der Waals surface area contributed by atoms with E-state index in [0.29, 0.717) is 16.1 Å². The lowest BCUT2D eigenvalue weighted by atomic mass is 10.0. The molecule has 2 rings (SSSR count). The van der Waals surface area contributed by atoms with Crippen LogP contribution in [0.1, 0.15) is 28.4 Å². The maximum Gasteiger partial charge on any atom is 0.337 e. The van der Waals surface area contributed by atoms with Gasteiger partial charge in [0.05, 0.1) is 12.7 Å². The highest BCUT2D eigenvalue weighted by atomic mass is 32.1. The number of carbonyl (C=O) groups is 2. The number of para-hydroxylation sites is 1. The molecule has 2 N–H and O–H groups in total. The molecule has 0 radical (unpaired) electrons. The molecule has 5 nitrogen and oxygen atoms in total. The first kappa shape index (κ1) is 20.3. The van der Waals surface area contributed by atoms with Crippen molar-refractivity contribution in [1.29, 1.82) is 0 Å². The first-order chi connectivity index (χ1) is 12.8. The van der Waals surface area contributed by atoms with Gasteiger partial charge in [0.2, 0.25) is 5.91 Å². The van der Waals surface area contributed by atoms with Gasteiger partial charge in [-0.15, -0.1) is 0 Å². The van der Waals surface area contributed by atoms with Crippen molar-refractivity contribution in [1.82, 2.24) is 5.32 Å². The Hall–Kier alpha value is -2.99. The summed E-state index contributed by atoms with van der Waals surface area (Å²) in [5.41, 5.74) is 3.51. The molecule has 0 aromatic heterocycles. The number of hydrogen-bond donors (Lipinski definition) is 2. The normalized spacial score (nSPS) is 11.2. The molecule has 0 saturated heterocycles. The Kier molecular flexibility index (Phi) is 6.85. The highest BCUT2D eigenvalue weighted by Crippen LogP contribution is 2.16. The van der Waals surface area contributed by atoms with E-state index in [0.717, 1.165) is 16.8 Å². The van der Waals surface area contributed by atoms with Gasteiger partial charge in [0, 0.05) is 11.3 Å². The zero-order valence-electron chi connectivity index (χ0n) is 15.5. The highest BCUT2D eigenvalue weighted by Gasteiger charge is 2.17. The molecule has 6 heteroatoms. The third kappa shape index (κ3) is 5.24. The molecule has 1 unspecified atom stereocenters. The summed E-state index contributed by atoms with van der Waals surface area (Å²) in [4.78, 5) is 24.3. The number of aryl methyl sites for hydroxylation is 1. The van der Waals surface area contributed by atoms with Crippen LogP contribution in [0.4, 0.5) is 5.69 Å². The summed E-state index contributed by atoms with van der Waals surface area (Å²) in [6, 6.07) is 13.8. The molecular weight excluding hydrogens is 360 g/mol. The number of nitrogens with one attached hydrogen (secondary N) is 2. The smallest absolute Gasteiger partial charge is 0.337 e. The van der Waals surface area contributed by atoms with Crippen molar-refractivity contribution in [2.75, 3.05) is 12.4 Å². The van der Waals surface area contributed by atoms with E-state index < -0.39 is 12.0 Å². The fourth-order valence-electron chi connectivity index (χ4n) is 2.36. The fraction of sp³-hybridized carbons (Fsp3) is 0.190. The number of hydrogen-bond acceptors (Lipinski definition) is 4. The average Bonchev–Trinajstić information content (AvgIpc) is 2.68. The van der Waals surface area contributed by atoms with Crippen molar-refractivity contribution in [3.8, 4) is 0 Å². The first-order valence-electron chi connectivity index (χ1n) is 8.38. The Labute approximate surface area is 164 Å². The van der Waals surface area contributed by atoms with Gasteiger partial charge in [0.25, 0.3) is 0 Å². The van der Waals surface area contributed by atoms with Crippen LogP contribution in [-0.2, 0) is 9.53 Å². The van der Waals surface area contributed by atoms with Gasteiger partial charge in [0.15, 0.2) is 0 Å². The summed E-state index contributed by atoms with van der Waals surface area (Å²) >= 11 is 5.37. The van der Waals surface area contributed by atoms with E-state index in [1.165, 1.54) is 7.11 Å². The molecule has 1 atom stereocenters. The molecule has 0 aliphatic carbocycles. The SMILES string of the molecule is C=C(C(=S)NC(C)C(=O)Nc1ccccc1C)c1ccc(C(=O)OC)cc1. The molecule has 2 aromatic carbocycles. The topological polar surface area (TPSA) is 67.4 Å². The number of carbonyl (C=O) groups excluding carboxylic acids is 2. The van der Waals surface area contributed by atoms with Crippen molar-refractivity contribution in [2.24, 2.45) is 0 Å². The van der Waals surface area contributed by atoms with Crippen LogP contribution in [0.15, 0.2) is 55.1 Å². The van der Waals surface area contributed by atoms with Crippen LogP contribution in [-0.4, -0.2) is 30.0 Å². The number of esters is 1. The number of benzene rings is 2. The van der Waals surface area contributed by atoms with Crippen LogP contribution in [0.2, 0.25) is 0 Å². The average molecular weight is 382 g/mol. The Morgan fingerprint density at radius 3 is 2.26 bits per heavy atom. The largest absolute Gasteiger partial charge is 0.465 e. The standard InChI is InChI=1S/C21H22N2O3S/c1-13-7-5-6-8-18(13)23-19(24)15(3)22-20(27)14(2)16-9-11-17(12-10-16)21(25)26-4/h5-12,15H,2H2,1,3-4H3,(H,22,27)(H,23,24). The molecule has 0 aliphatic rings. The lowest BCUT2D eigenvalue weighted by molar-refractivity contribution is -0.117. The molecule has 0 spiro atoms. The number of thiocarbonyl (C=S) groups is 1. The van der Waals surface area contributed by atoms with E-state index in [4.69, 9.17) is 12.2 Å².